The fraction of sp³-hybridized carbons (Fsp3) is 0.667. The molecule has 0 amide bonds. The van der Waals surface area contributed by atoms with Crippen LogP contribution in [0.3, 0.4) is 0 Å². The minimum absolute atomic E-state index is 0.229. The summed E-state index contributed by atoms with van der Waals surface area (Å²) in [6, 6.07) is 10.1. The molecule has 0 radical (unpaired) electrons. The number of benzene rings is 1. The van der Waals surface area contributed by atoms with Crippen molar-refractivity contribution in [2.24, 2.45) is 23.7 Å². The minimum Gasteiger partial charge on any atom is -0.369 e. The molecule has 0 aliphatic heterocycles. The maximum Gasteiger partial charge on any atom is 0.161 e. The average molecular weight is 314 g/mol. The number of ketones is 1. The number of rotatable bonds is 5. The van der Waals surface area contributed by atoms with E-state index < -0.39 is 0 Å². The zero-order chi connectivity index (χ0) is 16.1. The number of ether oxygens (including phenoxy) is 1. The number of hydrogen-bond donors (Lipinski definition) is 0. The molecule has 3 rings (SSSR count). The second-order valence-corrected chi connectivity index (χ2v) is 7.65. The van der Waals surface area contributed by atoms with Crippen LogP contribution in [-0.2, 0) is 16.1 Å². The van der Waals surface area contributed by atoms with Crippen molar-refractivity contribution in [2.45, 2.75) is 58.5 Å². The Kier molecular flexibility index (Phi) is 5.88. The maximum atomic E-state index is 12.7. The van der Waals surface area contributed by atoms with Gasteiger partial charge < -0.3 is 4.74 Å². The van der Waals surface area contributed by atoms with Crippen LogP contribution in [0.1, 0.15) is 57.4 Å². The van der Waals surface area contributed by atoms with Crippen LogP contribution in [0.4, 0.5) is 0 Å². The number of fused-ring (bicyclic) bond motifs is 2. The molecule has 0 saturated heterocycles. The van der Waals surface area contributed by atoms with E-state index in [1.54, 1.807) is 0 Å². The Morgan fingerprint density at radius 1 is 1.09 bits per heavy atom. The first-order valence-corrected chi connectivity index (χ1v) is 9.38. The quantitative estimate of drug-likeness (QED) is 0.763. The largest absolute Gasteiger partial charge is 0.369 e. The summed E-state index contributed by atoms with van der Waals surface area (Å²) in [7, 11) is 0. The number of Topliss-reactive ketones (excluding diaryl/α,β-unsaturated/α-hetero) is 1. The molecule has 2 nitrogen and oxygen atoms in total. The van der Waals surface area contributed by atoms with Gasteiger partial charge in [-0.3, -0.25) is 4.79 Å². The summed E-state index contributed by atoms with van der Waals surface area (Å²) >= 11 is 0. The molecule has 4 atom stereocenters. The lowest BCUT2D eigenvalue weighted by atomic mass is 9.64. The normalized spacial score (nSPS) is 31.2. The molecule has 2 bridgehead atoms. The summed E-state index contributed by atoms with van der Waals surface area (Å²) in [6.45, 7) is 3.13. The van der Waals surface area contributed by atoms with Gasteiger partial charge in [0, 0.05) is 5.92 Å². The molecule has 1 aromatic rings. The zero-order valence-electron chi connectivity index (χ0n) is 14.4. The van der Waals surface area contributed by atoms with Crippen molar-refractivity contribution >= 4 is 5.78 Å². The smallest absolute Gasteiger partial charge is 0.161 e. The van der Waals surface area contributed by atoms with Gasteiger partial charge in [0.05, 0.1) is 6.61 Å². The molecule has 2 heteroatoms. The van der Waals surface area contributed by atoms with E-state index in [2.05, 4.69) is 6.92 Å². The molecule has 0 heterocycles. The van der Waals surface area contributed by atoms with Crippen LogP contribution in [-0.4, -0.2) is 12.4 Å². The van der Waals surface area contributed by atoms with Crippen molar-refractivity contribution in [3.63, 3.8) is 0 Å². The minimum atomic E-state index is 0.229. The van der Waals surface area contributed by atoms with E-state index in [1.165, 1.54) is 38.5 Å². The molecule has 0 spiro atoms. The van der Waals surface area contributed by atoms with Crippen LogP contribution < -0.4 is 0 Å². The third-order valence-corrected chi connectivity index (χ3v) is 6.06. The van der Waals surface area contributed by atoms with E-state index in [1.807, 2.05) is 30.3 Å². The van der Waals surface area contributed by atoms with E-state index in [9.17, 15) is 4.79 Å². The highest BCUT2D eigenvalue weighted by Gasteiger charge is 2.38. The van der Waals surface area contributed by atoms with Crippen molar-refractivity contribution in [2.75, 3.05) is 6.61 Å². The molecular formula is C21H30O2. The van der Waals surface area contributed by atoms with Crippen LogP contribution in [0.2, 0.25) is 0 Å². The van der Waals surface area contributed by atoms with Gasteiger partial charge in [-0.15, -0.1) is 0 Å². The lowest BCUT2D eigenvalue weighted by molar-refractivity contribution is -0.132. The van der Waals surface area contributed by atoms with Crippen molar-refractivity contribution in [1.82, 2.24) is 0 Å². The second-order valence-electron chi connectivity index (χ2n) is 7.65. The fourth-order valence-electron chi connectivity index (χ4n) is 4.65. The van der Waals surface area contributed by atoms with Gasteiger partial charge in [0.15, 0.2) is 5.78 Å². The molecule has 2 aliphatic carbocycles. The van der Waals surface area contributed by atoms with Gasteiger partial charge in [0.2, 0.25) is 0 Å². The van der Waals surface area contributed by atoms with E-state index in [4.69, 9.17) is 4.74 Å². The first-order chi connectivity index (χ1) is 11.2. The molecule has 0 N–H and O–H groups in total. The maximum absolute atomic E-state index is 12.7. The number of carbonyl (C=O) groups is 1. The Hall–Kier alpha value is -1.15. The third kappa shape index (κ3) is 4.44. The van der Waals surface area contributed by atoms with Crippen molar-refractivity contribution in [1.29, 1.82) is 0 Å². The Balaban J connectivity index is 1.53. The summed E-state index contributed by atoms with van der Waals surface area (Å²) in [4.78, 5) is 12.7. The van der Waals surface area contributed by atoms with Crippen LogP contribution >= 0.6 is 0 Å². The van der Waals surface area contributed by atoms with E-state index in [0.717, 1.165) is 23.8 Å². The van der Waals surface area contributed by atoms with E-state index in [-0.39, 0.29) is 12.5 Å². The first kappa shape index (κ1) is 16.7. The van der Waals surface area contributed by atoms with Gasteiger partial charge in [0.25, 0.3) is 0 Å². The Morgan fingerprint density at radius 3 is 2.70 bits per heavy atom. The molecule has 2 fully saturated rings. The fourth-order valence-corrected chi connectivity index (χ4v) is 4.65. The lowest BCUT2D eigenvalue weighted by Gasteiger charge is -2.41. The molecule has 23 heavy (non-hydrogen) atoms. The summed E-state index contributed by atoms with van der Waals surface area (Å²) in [5.74, 6) is 2.64. The van der Waals surface area contributed by atoms with Gasteiger partial charge in [-0.1, -0.05) is 69.4 Å². The Labute approximate surface area is 140 Å². The van der Waals surface area contributed by atoms with Gasteiger partial charge in [-0.05, 0) is 36.2 Å². The highest BCUT2D eigenvalue weighted by atomic mass is 16.5. The van der Waals surface area contributed by atoms with Gasteiger partial charge in [-0.2, -0.15) is 0 Å². The summed E-state index contributed by atoms with van der Waals surface area (Å²) < 4.78 is 5.71. The third-order valence-electron chi connectivity index (χ3n) is 6.06. The number of carbonyl (C=O) groups excluding carboxylic acids is 1. The van der Waals surface area contributed by atoms with Crippen LogP contribution in [0.25, 0.3) is 0 Å². The molecule has 2 saturated carbocycles. The standard InChI is InChI=1S/C21H30O2/c1-16-19-11-7-3-6-10-18(12-19)13-20(16)21(22)15-23-14-17-8-4-2-5-9-17/h2,4-5,8-9,16,18-20H,3,6-7,10-15H2,1H3. The van der Waals surface area contributed by atoms with Crippen LogP contribution in [0.15, 0.2) is 30.3 Å². The molecular weight excluding hydrogens is 284 g/mol. The van der Waals surface area contributed by atoms with Gasteiger partial charge >= 0.3 is 0 Å². The Bertz CT molecular complexity index is 496. The summed E-state index contributed by atoms with van der Waals surface area (Å²) in [5.41, 5.74) is 1.14. The number of hydrogen-bond acceptors (Lipinski definition) is 2. The molecule has 2 aliphatic rings. The van der Waals surface area contributed by atoms with Crippen LogP contribution in [0.5, 0.6) is 0 Å². The molecule has 126 valence electrons. The van der Waals surface area contributed by atoms with Crippen molar-refractivity contribution < 1.29 is 9.53 Å². The van der Waals surface area contributed by atoms with Crippen LogP contribution in [0, 0.1) is 23.7 Å². The predicted molar refractivity (Wildman–Crippen MR) is 93.1 cm³/mol. The lowest BCUT2D eigenvalue weighted by Crippen LogP contribution is -2.37. The SMILES string of the molecule is CC1C2CCCCCC(C2)CC1C(=O)COCc1ccccc1. The first-order valence-electron chi connectivity index (χ1n) is 9.38. The summed E-state index contributed by atoms with van der Waals surface area (Å²) in [6.07, 6.45) is 9.22. The van der Waals surface area contributed by atoms with E-state index >= 15 is 0 Å². The monoisotopic (exact) mass is 314 g/mol. The highest BCUT2D eigenvalue weighted by molar-refractivity contribution is 5.82. The Morgan fingerprint density at radius 2 is 1.87 bits per heavy atom. The van der Waals surface area contributed by atoms with Crippen molar-refractivity contribution in [3.8, 4) is 0 Å². The summed E-state index contributed by atoms with van der Waals surface area (Å²) in [5, 5.41) is 0. The molecule has 1 aromatic carbocycles. The van der Waals surface area contributed by atoms with Gasteiger partial charge in [-0.25, -0.2) is 0 Å². The second kappa shape index (κ2) is 8.10. The van der Waals surface area contributed by atoms with E-state index in [0.29, 0.717) is 18.3 Å². The van der Waals surface area contributed by atoms with Gasteiger partial charge in [0.1, 0.15) is 6.61 Å². The highest BCUT2D eigenvalue weighted by Crippen LogP contribution is 2.44. The predicted octanol–water partition coefficient (Wildman–Crippen LogP) is 5.01. The average Bonchev–Trinajstić information content (AvgIpc) is 2.54. The zero-order valence-corrected chi connectivity index (χ0v) is 14.4. The topological polar surface area (TPSA) is 26.3 Å². The molecule has 0 aromatic heterocycles. The van der Waals surface area contributed by atoms with Crippen molar-refractivity contribution in [3.05, 3.63) is 35.9 Å². The molecule has 4 unspecified atom stereocenters.